The van der Waals surface area contributed by atoms with Gasteiger partial charge in [0.2, 0.25) is 0 Å². The van der Waals surface area contributed by atoms with Crippen molar-refractivity contribution in [3.63, 3.8) is 0 Å². The second kappa shape index (κ2) is 7.09. The summed E-state index contributed by atoms with van der Waals surface area (Å²) in [7, 11) is -4.67. The van der Waals surface area contributed by atoms with Crippen LogP contribution in [0, 0.1) is 0 Å². The first-order valence-electron chi connectivity index (χ1n) is 4.67. The van der Waals surface area contributed by atoms with Crippen LogP contribution in [-0.4, -0.2) is 59.9 Å². The van der Waals surface area contributed by atoms with Crippen LogP contribution in [0.5, 0.6) is 0 Å². The summed E-state index contributed by atoms with van der Waals surface area (Å²) in [6.07, 6.45) is 0.613. The van der Waals surface area contributed by atoms with Gasteiger partial charge in [0.25, 0.3) is 0 Å². The molecule has 0 saturated carbocycles. The van der Waals surface area contributed by atoms with Gasteiger partial charge in [-0.05, 0) is 6.42 Å². The van der Waals surface area contributed by atoms with E-state index in [1.54, 1.807) is 0 Å². The van der Waals surface area contributed by atoms with Gasteiger partial charge in [-0.2, -0.15) is 8.42 Å². The molecule has 0 aliphatic carbocycles. The summed E-state index contributed by atoms with van der Waals surface area (Å²) in [5.41, 5.74) is 0. The normalized spacial score (nSPS) is 20.3. The van der Waals surface area contributed by atoms with Gasteiger partial charge >= 0.3 is 10.4 Å². The van der Waals surface area contributed by atoms with E-state index in [1.807, 2.05) is 6.92 Å². The quantitative estimate of drug-likeness (QED) is 0.458. The molecular weight excluding hydrogens is 224 g/mol. The molecular formula is C7H18N2O5S. The first-order chi connectivity index (χ1) is 6.84. The van der Waals surface area contributed by atoms with Crippen LogP contribution in [0.3, 0.4) is 0 Å². The molecule has 0 aromatic heterocycles. The summed E-state index contributed by atoms with van der Waals surface area (Å²) in [6, 6.07) is 0. The molecule has 1 atom stereocenters. The Hall–Kier alpha value is -0.250. The number of piperazine rings is 1. The third kappa shape index (κ3) is 10.0. The second-order valence-electron chi connectivity index (χ2n) is 3.12. The summed E-state index contributed by atoms with van der Waals surface area (Å²) < 4.78 is 31.6. The van der Waals surface area contributed by atoms with E-state index in [1.165, 1.54) is 0 Å². The highest BCUT2D eigenvalue weighted by molar-refractivity contribution is 7.79. The summed E-state index contributed by atoms with van der Waals surface area (Å²) in [6.45, 7) is 5.99. The Morgan fingerprint density at radius 1 is 1.33 bits per heavy atom. The van der Waals surface area contributed by atoms with Crippen molar-refractivity contribution in [1.29, 1.82) is 0 Å². The van der Waals surface area contributed by atoms with Crippen molar-refractivity contribution in [3.05, 3.63) is 0 Å². The number of aliphatic hydroxyl groups excluding tert-OH is 1. The van der Waals surface area contributed by atoms with E-state index >= 15 is 0 Å². The molecule has 7 nitrogen and oxygen atoms in total. The molecule has 1 rings (SSSR count). The van der Waals surface area contributed by atoms with Crippen molar-refractivity contribution in [2.75, 3.05) is 26.2 Å². The van der Waals surface area contributed by atoms with E-state index in [9.17, 15) is 5.11 Å². The van der Waals surface area contributed by atoms with Crippen LogP contribution in [0.15, 0.2) is 0 Å². The minimum atomic E-state index is -4.67. The zero-order valence-corrected chi connectivity index (χ0v) is 9.44. The van der Waals surface area contributed by atoms with Gasteiger partial charge in [0.1, 0.15) is 6.23 Å². The number of nitrogens with zero attached hydrogens (tertiary/aromatic N) is 1. The highest BCUT2D eigenvalue weighted by Gasteiger charge is 2.15. The molecule has 1 aliphatic heterocycles. The third-order valence-corrected chi connectivity index (χ3v) is 1.94. The second-order valence-corrected chi connectivity index (χ2v) is 4.02. The average molecular weight is 242 g/mol. The molecule has 0 amide bonds. The van der Waals surface area contributed by atoms with Crippen molar-refractivity contribution in [2.45, 2.75) is 19.6 Å². The van der Waals surface area contributed by atoms with Crippen LogP contribution in [-0.2, 0) is 10.4 Å². The molecule has 1 aliphatic rings. The number of aliphatic hydroxyl groups is 1. The fourth-order valence-electron chi connectivity index (χ4n) is 1.24. The zero-order valence-electron chi connectivity index (χ0n) is 8.63. The molecule has 1 heterocycles. The topological polar surface area (TPSA) is 110 Å². The lowest BCUT2D eigenvalue weighted by atomic mass is 10.3. The molecule has 0 radical (unpaired) electrons. The van der Waals surface area contributed by atoms with Crippen molar-refractivity contribution in [3.8, 4) is 0 Å². The maximum atomic E-state index is 9.38. The molecule has 1 unspecified atom stereocenters. The summed E-state index contributed by atoms with van der Waals surface area (Å²) in [5, 5.41) is 12.6. The molecule has 0 spiro atoms. The van der Waals surface area contributed by atoms with Crippen LogP contribution in [0.4, 0.5) is 0 Å². The first kappa shape index (κ1) is 14.8. The number of rotatable bonds is 2. The van der Waals surface area contributed by atoms with Gasteiger partial charge in [0, 0.05) is 26.2 Å². The lowest BCUT2D eigenvalue weighted by Gasteiger charge is -2.30. The van der Waals surface area contributed by atoms with Gasteiger partial charge in [-0.3, -0.25) is 14.0 Å². The minimum Gasteiger partial charge on any atom is -0.378 e. The molecule has 8 heteroatoms. The van der Waals surface area contributed by atoms with Gasteiger partial charge < -0.3 is 10.4 Å². The molecule has 4 N–H and O–H groups in total. The Morgan fingerprint density at radius 2 is 1.73 bits per heavy atom. The maximum absolute atomic E-state index is 9.38. The Labute approximate surface area is 89.7 Å². The monoisotopic (exact) mass is 242 g/mol. The predicted octanol–water partition coefficient (Wildman–Crippen LogP) is -1.03. The van der Waals surface area contributed by atoms with Gasteiger partial charge in [0.05, 0.1) is 0 Å². The Morgan fingerprint density at radius 3 is 2.07 bits per heavy atom. The standard InChI is InChI=1S/C7H16N2O.H2O4S/c1-2-7(10)9-5-3-8-4-6-9;1-5(2,3)4/h7-8,10H,2-6H2,1H3;(H2,1,2,3,4). The summed E-state index contributed by atoms with van der Waals surface area (Å²) in [4.78, 5) is 2.11. The molecule has 0 aromatic rings. The smallest absolute Gasteiger partial charge is 0.378 e. The van der Waals surface area contributed by atoms with Crippen molar-refractivity contribution >= 4 is 10.4 Å². The summed E-state index contributed by atoms with van der Waals surface area (Å²) >= 11 is 0. The van der Waals surface area contributed by atoms with E-state index in [4.69, 9.17) is 17.5 Å². The van der Waals surface area contributed by atoms with Crippen molar-refractivity contribution < 1.29 is 22.6 Å². The van der Waals surface area contributed by atoms with Gasteiger partial charge in [-0.15, -0.1) is 0 Å². The maximum Gasteiger partial charge on any atom is 0.394 e. The highest BCUT2D eigenvalue weighted by Crippen LogP contribution is 2.00. The van der Waals surface area contributed by atoms with E-state index < -0.39 is 10.4 Å². The number of hydrogen-bond donors (Lipinski definition) is 4. The fraction of sp³-hybridized carbons (Fsp3) is 1.00. The molecule has 1 fully saturated rings. The largest absolute Gasteiger partial charge is 0.394 e. The molecule has 92 valence electrons. The zero-order chi connectivity index (χ0) is 11.9. The van der Waals surface area contributed by atoms with Gasteiger partial charge in [-0.25, -0.2) is 0 Å². The third-order valence-electron chi connectivity index (χ3n) is 1.94. The summed E-state index contributed by atoms with van der Waals surface area (Å²) in [5.74, 6) is 0. The highest BCUT2D eigenvalue weighted by atomic mass is 32.3. The van der Waals surface area contributed by atoms with Crippen molar-refractivity contribution in [2.24, 2.45) is 0 Å². The van der Waals surface area contributed by atoms with Crippen molar-refractivity contribution in [1.82, 2.24) is 10.2 Å². The van der Waals surface area contributed by atoms with Crippen LogP contribution >= 0.6 is 0 Å². The van der Waals surface area contributed by atoms with Crippen LogP contribution in [0.2, 0.25) is 0 Å². The molecule has 15 heavy (non-hydrogen) atoms. The molecule has 0 bridgehead atoms. The van der Waals surface area contributed by atoms with E-state index in [0.717, 1.165) is 32.6 Å². The Balaban J connectivity index is 0.000000336. The molecule has 0 aromatic carbocycles. The SMILES string of the molecule is CCC(O)N1CCNCC1.O=S(=O)(O)O. The first-order valence-corrected chi connectivity index (χ1v) is 6.07. The Kier molecular flexibility index (Phi) is 6.98. The minimum absolute atomic E-state index is 0.220. The fourth-order valence-corrected chi connectivity index (χ4v) is 1.24. The number of hydrogen-bond acceptors (Lipinski definition) is 5. The van der Waals surface area contributed by atoms with Crippen LogP contribution in [0.25, 0.3) is 0 Å². The van der Waals surface area contributed by atoms with Gasteiger partial charge in [-0.1, -0.05) is 6.92 Å². The lowest BCUT2D eigenvalue weighted by molar-refractivity contribution is -0.00563. The predicted molar refractivity (Wildman–Crippen MR) is 54.9 cm³/mol. The van der Waals surface area contributed by atoms with Gasteiger partial charge in [0.15, 0.2) is 0 Å². The number of nitrogens with one attached hydrogen (secondary N) is 1. The van der Waals surface area contributed by atoms with Crippen LogP contribution < -0.4 is 5.32 Å². The lowest BCUT2D eigenvalue weighted by Crippen LogP contribution is -2.48. The van der Waals surface area contributed by atoms with E-state index in [0.29, 0.717) is 0 Å². The van der Waals surface area contributed by atoms with Crippen LogP contribution in [0.1, 0.15) is 13.3 Å². The Bertz CT molecular complexity index is 242. The van der Waals surface area contributed by atoms with E-state index in [2.05, 4.69) is 10.2 Å². The van der Waals surface area contributed by atoms with E-state index in [-0.39, 0.29) is 6.23 Å². The average Bonchev–Trinajstić information content (AvgIpc) is 2.15. The molecule has 1 saturated heterocycles.